The Balaban J connectivity index is 2.48. The molecule has 2 rings (SSSR count). The average molecular weight is 450 g/mol. The van der Waals surface area contributed by atoms with Crippen molar-refractivity contribution in [1.29, 1.82) is 5.26 Å². The summed E-state index contributed by atoms with van der Waals surface area (Å²) in [5.74, 6) is 0.0586. The Bertz CT molecular complexity index is 1090. The Labute approximate surface area is 181 Å². The van der Waals surface area contributed by atoms with Gasteiger partial charge in [-0.2, -0.15) is 5.26 Å². The second kappa shape index (κ2) is 8.81. The van der Waals surface area contributed by atoms with E-state index in [1.54, 1.807) is 26.0 Å². The molecule has 0 fully saturated rings. The number of urea groups is 1. The molecule has 0 aliphatic carbocycles. The lowest BCUT2D eigenvalue weighted by atomic mass is 9.90. The van der Waals surface area contributed by atoms with Gasteiger partial charge in [-0.25, -0.2) is 19.1 Å². The van der Waals surface area contributed by atoms with E-state index in [1.165, 1.54) is 6.20 Å². The van der Waals surface area contributed by atoms with Crippen LogP contribution in [-0.2, 0) is 15.5 Å². The molecular weight excluding hydrogens is 422 g/mol. The first-order valence-corrected chi connectivity index (χ1v) is 11.8. The molecule has 30 heavy (non-hydrogen) atoms. The van der Waals surface area contributed by atoms with Gasteiger partial charge in [0.05, 0.1) is 22.1 Å². The number of nitrogens with one attached hydrogen (secondary N) is 1. The Morgan fingerprint density at radius 1 is 1.30 bits per heavy atom. The van der Waals surface area contributed by atoms with Crippen molar-refractivity contribution in [3.63, 3.8) is 0 Å². The fourth-order valence-corrected chi connectivity index (χ4v) is 4.86. The lowest BCUT2D eigenvalue weighted by Crippen LogP contribution is -2.19. The van der Waals surface area contributed by atoms with Crippen molar-refractivity contribution >= 4 is 33.0 Å². The zero-order valence-electron chi connectivity index (χ0n) is 17.9. The molecule has 0 saturated heterocycles. The van der Waals surface area contributed by atoms with Crippen molar-refractivity contribution in [3.05, 3.63) is 39.9 Å². The summed E-state index contributed by atoms with van der Waals surface area (Å²) in [6, 6.07) is 4.73. The fourth-order valence-electron chi connectivity index (χ4n) is 2.78. The maximum Gasteiger partial charge on any atom is 0.354 e. The third-order valence-electron chi connectivity index (χ3n) is 4.36. The highest BCUT2D eigenvalue weighted by Gasteiger charge is 2.24. The highest BCUT2D eigenvalue weighted by atomic mass is 32.2. The Morgan fingerprint density at radius 2 is 1.83 bits per heavy atom. The van der Waals surface area contributed by atoms with E-state index in [2.05, 4.69) is 20.7 Å². The first-order chi connectivity index (χ1) is 13.8. The van der Waals surface area contributed by atoms with E-state index < -0.39 is 21.5 Å². The number of aromatic nitrogens is 1. The smallest absolute Gasteiger partial charge is 0.354 e. The van der Waals surface area contributed by atoms with Gasteiger partial charge in [0, 0.05) is 11.9 Å². The number of rotatable bonds is 5. The number of nitriles is 1. The number of carbonyl (C=O) groups excluding carboxylic acids is 1. The molecule has 10 heteroatoms. The number of amides is 2. The summed E-state index contributed by atoms with van der Waals surface area (Å²) in [4.78, 5) is 17.1. The number of nitrogens with two attached hydrogens (primary N) is 1. The van der Waals surface area contributed by atoms with Crippen molar-refractivity contribution in [1.82, 2.24) is 4.98 Å². The molecule has 0 saturated carbocycles. The van der Waals surface area contributed by atoms with E-state index >= 15 is 0 Å². The van der Waals surface area contributed by atoms with Crippen molar-refractivity contribution in [2.75, 3.05) is 5.32 Å². The summed E-state index contributed by atoms with van der Waals surface area (Å²) < 4.78 is 16.5. The highest BCUT2D eigenvalue weighted by Crippen LogP contribution is 2.34. The van der Waals surface area contributed by atoms with Crippen LogP contribution >= 0.6 is 11.3 Å². The molecule has 2 aromatic rings. The molecule has 0 bridgehead atoms. The third-order valence-corrected chi connectivity index (χ3v) is 7.47. The standard InChI is InChI=1S/C20H27N5O3S2/c1-11(2)14-7-13(9-21)8-15(12(3)4)17(14)24-18(26)25-30(22,28)19-23-10-16(29-19)20(5,6)27/h7-8,10-12,27H,1-6H3,(H3,22,24,25,26,28). The molecule has 1 aromatic heterocycles. The molecule has 0 radical (unpaired) electrons. The maximum atomic E-state index is 12.8. The average Bonchev–Trinajstić information content (AvgIpc) is 3.12. The summed E-state index contributed by atoms with van der Waals surface area (Å²) in [5.41, 5.74) is 1.43. The number of aliphatic hydroxyl groups is 1. The van der Waals surface area contributed by atoms with Gasteiger partial charge < -0.3 is 10.4 Å². The van der Waals surface area contributed by atoms with E-state index in [0.29, 0.717) is 16.1 Å². The molecule has 0 aliphatic rings. The Kier molecular flexibility index (Phi) is 7.04. The van der Waals surface area contributed by atoms with Crippen molar-refractivity contribution in [2.24, 2.45) is 9.50 Å². The maximum absolute atomic E-state index is 12.8. The van der Waals surface area contributed by atoms with Crippen molar-refractivity contribution in [3.8, 4) is 6.07 Å². The van der Waals surface area contributed by atoms with Crippen LogP contribution < -0.4 is 10.5 Å². The minimum atomic E-state index is -3.59. The molecule has 0 aliphatic heterocycles. The van der Waals surface area contributed by atoms with Crippen LogP contribution in [0.3, 0.4) is 0 Å². The first-order valence-electron chi connectivity index (χ1n) is 9.38. The number of anilines is 1. The first kappa shape index (κ1) is 24.0. The van der Waals surface area contributed by atoms with Gasteiger partial charge in [-0.15, -0.1) is 15.7 Å². The second-order valence-corrected chi connectivity index (χ2v) is 11.1. The van der Waals surface area contributed by atoms with E-state index in [1.807, 2.05) is 27.7 Å². The molecule has 4 N–H and O–H groups in total. The molecule has 162 valence electrons. The van der Waals surface area contributed by atoms with Crippen LogP contribution in [0.5, 0.6) is 0 Å². The zero-order chi connectivity index (χ0) is 22.9. The SMILES string of the molecule is CC(C)c1cc(C#N)cc(C(C)C)c1NC(=O)N=S(N)(=O)c1ncc(C(C)(C)O)s1. The fraction of sp³-hybridized carbons (Fsp3) is 0.450. The highest BCUT2D eigenvalue weighted by molar-refractivity contribution is 7.93. The normalized spacial score (nSPS) is 13.8. The van der Waals surface area contributed by atoms with Crippen LogP contribution in [0.15, 0.2) is 27.0 Å². The molecule has 1 unspecified atom stereocenters. The molecule has 8 nitrogen and oxygen atoms in total. The number of hydrogen-bond acceptors (Lipinski definition) is 6. The van der Waals surface area contributed by atoms with E-state index in [9.17, 15) is 19.4 Å². The number of carbonyl (C=O) groups is 1. The number of thiazole rings is 1. The van der Waals surface area contributed by atoms with Gasteiger partial charge in [0.25, 0.3) is 0 Å². The largest absolute Gasteiger partial charge is 0.385 e. The van der Waals surface area contributed by atoms with Gasteiger partial charge in [-0.1, -0.05) is 27.7 Å². The van der Waals surface area contributed by atoms with Gasteiger partial charge in [-0.3, -0.25) is 0 Å². The lowest BCUT2D eigenvalue weighted by molar-refractivity contribution is 0.0823. The monoisotopic (exact) mass is 449 g/mol. The predicted molar refractivity (Wildman–Crippen MR) is 119 cm³/mol. The number of nitrogens with zero attached hydrogens (tertiary/aromatic N) is 3. The molecule has 0 spiro atoms. The number of hydrogen-bond donors (Lipinski definition) is 3. The van der Waals surface area contributed by atoms with Gasteiger partial charge >= 0.3 is 6.03 Å². The van der Waals surface area contributed by atoms with Gasteiger partial charge in [0.1, 0.15) is 0 Å². The van der Waals surface area contributed by atoms with E-state index in [0.717, 1.165) is 22.5 Å². The minimum Gasteiger partial charge on any atom is -0.385 e. The minimum absolute atomic E-state index is 0.0293. The van der Waals surface area contributed by atoms with Crippen LogP contribution in [0, 0.1) is 11.3 Å². The topological polar surface area (TPSA) is 141 Å². The summed E-state index contributed by atoms with van der Waals surface area (Å²) in [6.45, 7) is 10.9. The summed E-state index contributed by atoms with van der Waals surface area (Å²) in [6.07, 6.45) is 1.37. The summed E-state index contributed by atoms with van der Waals surface area (Å²) >= 11 is 0.945. The Hall–Kier alpha value is -2.32. The quantitative estimate of drug-likeness (QED) is 0.619. The van der Waals surface area contributed by atoms with Crippen LogP contribution in [0.4, 0.5) is 10.5 Å². The van der Waals surface area contributed by atoms with E-state index in [4.69, 9.17) is 5.14 Å². The van der Waals surface area contributed by atoms with Crippen LogP contribution in [-0.4, -0.2) is 20.3 Å². The lowest BCUT2D eigenvalue weighted by Gasteiger charge is -2.20. The van der Waals surface area contributed by atoms with Crippen molar-refractivity contribution < 1.29 is 14.1 Å². The predicted octanol–water partition coefficient (Wildman–Crippen LogP) is 4.42. The molecule has 1 atom stereocenters. The molecule has 2 amide bonds. The third kappa shape index (κ3) is 5.43. The van der Waals surface area contributed by atoms with Gasteiger partial charge in [0.15, 0.2) is 9.92 Å². The van der Waals surface area contributed by atoms with Gasteiger partial charge in [0.2, 0.25) is 4.34 Å². The second-order valence-electron chi connectivity index (χ2n) is 8.09. The summed E-state index contributed by atoms with van der Waals surface area (Å²) in [7, 11) is -3.59. The molecular formula is C20H27N5O3S2. The molecule has 1 heterocycles. The number of benzene rings is 1. The van der Waals surface area contributed by atoms with Crippen molar-refractivity contribution in [2.45, 2.75) is 63.3 Å². The van der Waals surface area contributed by atoms with E-state index in [-0.39, 0.29) is 16.2 Å². The van der Waals surface area contributed by atoms with Crippen LogP contribution in [0.25, 0.3) is 0 Å². The molecule has 1 aromatic carbocycles. The van der Waals surface area contributed by atoms with Crippen LogP contribution in [0.2, 0.25) is 0 Å². The summed E-state index contributed by atoms with van der Waals surface area (Å²) in [5, 5.41) is 27.9. The Morgan fingerprint density at radius 3 is 2.23 bits per heavy atom. The van der Waals surface area contributed by atoms with Gasteiger partial charge in [-0.05, 0) is 48.9 Å². The van der Waals surface area contributed by atoms with Crippen LogP contribution in [0.1, 0.15) is 74.9 Å². The zero-order valence-corrected chi connectivity index (χ0v) is 19.5.